The summed E-state index contributed by atoms with van der Waals surface area (Å²) in [6.45, 7) is 5.57. The van der Waals surface area contributed by atoms with Crippen LogP contribution in [0.5, 0.6) is 0 Å². The van der Waals surface area contributed by atoms with Crippen LogP contribution in [-0.4, -0.2) is 31.6 Å². The van der Waals surface area contributed by atoms with Crippen molar-refractivity contribution in [3.05, 3.63) is 42.0 Å². The quantitative estimate of drug-likeness (QED) is 0.597. The van der Waals surface area contributed by atoms with Crippen LogP contribution in [0.25, 0.3) is 6.08 Å². The highest BCUT2D eigenvalue weighted by atomic mass is 16.7. The molecule has 114 valence electrons. The van der Waals surface area contributed by atoms with Crippen LogP contribution in [0.2, 0.25) is 0 Å². The van der Waals surface area contributed by atoms with Crippen molar-refractivity contribution in [1.29, 1.82) is 0 Å². The van der Waals surface area contributed by atoms with E-state index < -0.39 is 5.79 Å². The van der Waals surface area contributed by atoms with E-state index in [2.05, 4.69) is 0 Å². The standard InChI is InChI=1S/C17H22O4/c1-14(2)17(20-12-13-21-17)10-11-19-16(18)9-8-15-6-4-3-5-7-15/h3-9,14H,10-13H2,1-2H3. The molecule has 0 spiro atoms. The molecule has 2 rings (SSSR count). The minimum Gasteiger partial charge on any atom is -0.462 e. The fraction of sp³-hybridized carbons (Fsp3) is 0.471. The summed E-state index contributed by atoms with van der Waals surface area (Å²) in [6, 6.07) is 9.64. The second-order valence-electron chi connectivity index (χ2n) is 5.32. The topological polar surface area (TPSA) is 44.8 Å². The predicted octanol–water partition coefficient (Wildman–Crippen LogP) is 3.03. The summed E-state index contributed by atoms with van der Waals surface area (Å²) in [5.41, 5.74) is 0.968. The Morgan fingerprint density at radius 1 is 1.29 bits per heavy atom. The maximum atomic E-state index is 11.7. The van der Waals surface area contributed by atoms with E-state index in [9.17, 15) is 4.79 Å². The molecule has 0 atom stereocenters. The lowest BCUT2D eigenvalue weighted by atomic mass is 10.00. The highest BCUT2D eigenvalue weighted by molar-refractivity contribution is 5.86. The van der Waals surface area contributed by atoms with E-state index in [1.165, 1.54) is 6.08 Å². The molecule has 0 amide bonds. The number of hydrogen-bond acceptors (Lipinski definition) is 4. The summed E-state index contributed by atoms with van der Waals surface area (Å²) in [6.07, 6.45) is 3.73. The van der Waals surface area contributed by atoms with Crippen LogP contribution in [-0.2, 0) is 19.0 Å². The number of carbonyl (C=O) groups excluding carboxylic acids is 1. The van der Waals surface area contributed by atoms with E-state index >= 15 is 0 Å². The highest BCUT2D eigenvalue weighted by Gasteiger charge is 2.39. The fourth-order valence-corrected chi connectivity index (χ4v) is 2.31. The summed E-state index contributed by atoms with van der Waals surface area (Å²) >= 11 is 0. The Kier molecular flexibility index (Phi) is 5.53. The second kappa shape index (κ2) is 7.38. The Morgan fingerprint density at radius 3 is 2.57 bits per heavy atom. The van der Waals surface area contributed by atoms with Crippen molar-refractivity contribution in [2.75, 3.05) is 19.8 Å². The Morgan fingerprint density at radius 2 is 1.95 bits per heavy atom. The molecule has 1 heterocycles. The zero-order valence-corrected chi connectivity index (χ0v) is 12.6. The SMILES string of the molecule is CC(C)C1(CCOC(=O)C=Cc2ccccc2)OCCO1. The zero-order chi connectivity index (χ0) is 15.1. The maximum Gasteiger partial charge on any atom is 0.330 e. The molecular formula is C17H22O4. The van der Waals surface area contributed by atoms with E-state index in [0.717, 1.165) is 5.56 Å². The average molecular weight is 290 g/mol. The van der Waals surface area contributed by atoms with E-state index in [-0.39, 0.29) is 18.5 Å². The van der Waals surface area contributed by atoms with E-state index in [0.29, 0.717) is 19.6 Å². The minimum atomic E-state index is -0.608. The molecule has 4 nitrogen and oxygen atoms in total. The summed E-state index contributed by atoms with van der Waals surface area (Å²) in [5.74, 6) is -0.738. The van der Waals surface area contributed by atoms with Crippen LogP contribution in [0.15, 0.2) is 36.4 Å². The predicted molar refractivity (Wildman–Crippen MR) is 80.5 cm³/mol. The van der Waals surface area contributed by atoms with Crippen LogP contribution in [0.4, 0.5) is 0 Å². The normalized spacial score (nSPS) is 17.5. The van der Waals surface area contributed by atoms with Gasteiger partial charge in [0, 0.05) is 18.4 Å². The smallest absolute Gasteiger partial charge is 0.330 e. The van der Waals surface area contributed by atoms with E-state index in [1.807, 2.05) is 44.2 Å². The molecule has 1 aromatic carbocycles. The van der Waals surface area contributed by atoms with Gasteiger partial charge in [0.25, 0.3) is 0 Å². The molecule has 0 bridgehead atoms. The van der Waals surface area contributed by atoms with Crippen LogP contribution in [0, 0.1) is 5.92 Å². The van der Waals surface area contributed by atoms with Crippen molar-refractivity contribution in [3.8, 4) is 0 Å². The highest BCUT2D eigenvalue weighted by Crippen LogP contribution is 2.31. The number of benzene rings is 1. The van der Waals surface area contributed by atoms with Crippen LogP contribution in [0.1, 0.15) is 25.8 Å². The fourth-order valence-electron chi connectivity index (χ4n) is 2.31. The van der Waals surface area contributed by atoms with Gasteiger partial charge in [0.15, 0.2) is 5.79 Å². The zero-order valence-electron chi connectivity index (χ0n) is 12.6. The van der Waals surface area contributed by atoms with E-state index in [4.69, 9.17) is 14.2 Å². The second-order valence-corrected chi connectivity index (χ2v) is 5.32. The van der Waals surface area contributed by atoms with Crippen LogP contribution < -0.4 is 0 Å². The first kappa shape index (κ1) is 15.7. The average Bonchev–Trinajstić information content (AvgIpc) is 2.96. The molecule has 1 aliphatic rings. The summed E-state index contributed by atoms with van der Waals surface area (Å²) in [7, 11) is 0. The van der Waals surface area contributed by atoms with Gasteiger partial charge in [-0.2, -0.15) is 0 Å². The van der Waals surface area contributed by atoms with Gasteiger partial charge in [-0.05, 0) is 11.6 Å². The minimum absolute atomic E-state index is 0.221. The molecule has 1 fully saturated rings. The molecule has 0 aromatic heterocycles. The first-order valence-corrected chi connectivity index (χ1v) is 7.30. The van der Waals surface area contributed by atoms with Crippen molar-refractivity contribution in [1.82, 2.24) is 0 Å². The molecule has 0 N–H and O–H groups in total. The Hall–Kier alpha value is -1.65. The third-order valence-electron chi connectivity index (χ3n) is 3.56. The largest absolute Gasteiger partial charge is 0.462 e. The molecule has 1 aliphatic heterocycles. The lowest BCUT2D eigenvalue weighted by Crippen LogP contribution is -2.37. The molecule has 21 heavy (non-hydrogen) atoms. The number of rotatable bonds is 6. The Bertz CT molecular complexity index is 473. The monoisotopic (exact) mass is 290 g/mol. The number of ether oxygens (including phenoxy) is 3. The molecule has 0 radical (unpaired) electrons. The lowest BCUT2D eigenvalue weighted by Gasteiger charge is -2.31. The molecule has 1 aromatic rings. The van der Waals surface area contributed by atoms with Gasteiger partial charge in [0.05, 0.1) is 19.8 Å². The van der Waals surface area contributed by atoms with Gasteiger partial charge in [-0.15, -0.1) is 0 Å². The first-order chi connectivity index (χ1) is 10.1. The Labute approximate surface area is 125 Å². The van der Waals surface area contributed by atoms with Gasteiger partial charge in [-0.1, -0.05) is 44.2 Å². The van der Waals surface area contributed by atoms with Crippen molar-refractivity contribution in [3.63, 3.8) is 0 Å². The summed E-state index contributed by atoms with van der Waals surface area (Å²) in [5, 5.41) is 0. The van der Waals surface area contributed by atoms with Crippen molar-refractivity contribution < 1.29 is 19.0 Å². The molecule has 1 saturated heterocycles. The number of carbonyl (C=O) groups is 1. The van der Waals surface area contributed by atoms with Gasteiger partial charge in [0.1, 0.15) is 0 Å². The van der Waals surface area contributed by atoms with Crippen LogP contribution in [0.3, 0.4) is 0 Å². The van der Waals surface area contributed by atoms with Crippen molar-refractivity contribution in [2.24, 2.45) is 5.92 Å². The maximum absolute atomic E-state index is 11.7. The third kappa shape index (κ3) is 4.41. The summed E-state index contributed by atoms with van der Waals surface area (Å²) < 4.78 is 16.6. The van der Waals surface area contributed by atoms with Gasteiger partial charge in [-0.25, -0.2) is 4.79 Å². The summed E-state index contributed by atoms with van der Waals surface area (Å²) in [4.78, 5) is 11.7. The van der Waals surface area contributed by atoms with Crippen molar-refractivity contribution >= 4 is 12.0 Å². The lowest BCUT2D eigenvalue weighted by molar-refractivity contribution is -0.199. The molecular weight excluding hydrogens is 268 g/mol. The van der Waals surface area contributed by atoms with Gasteiger partial charge in [0.2, 0.25) is 0 Å². The van der Waals surface area contributed by atoms with Crippen molar-refractivity contribution in [2.45, 2.75) is 26.1 Å². The molecule has 0 aliphatic carbocycles. The van der Waals surface area contributed by atoms with Gasteiger partial charge >= 0.3 is 5.97 Å². The van der Waals surface area contributed by atoms with E-state index in [1.54, 1.807) is 6.08 Å². The van der Waals surface area contributed by atoms with Crippen LogP contribution >= 0.6 is 0 Å². The van der Waals surface area contributed by atoms with Gasteiger partial charge in [-0.3, -0.25) is 0 Å². The van der Waals surface area contributed by atoms with Gasteiger partial charge < -0.3 is 14.2 Å². The number of esters is 1. The first-order valence-electron chi connectivity index (χ1n) is 7.30. The third-order valence-corrected chi connectivity index (χ3v) is 3.56. The molecule has 4 heteroatoms. The molecule has 0 saturated carbocycles. The molecule has 0 unspecified atom stereocenters. The number of hydrogen-bond donors (Lipinski definition) is 0. The Balaban J connectivity index is 1.78.